The van der Waals surface area contributed by atoms with Gasteiger partial charge in [-0.05, 0) is 12.8 Å². The predicted octanol–water partition coefficient (Wildman–Crippen LogP) is 1.15. The Bertz CT molecular complexity index is 426. The Kier molecular flexibility index (Phi) is 4.37. The van der Waals surface area contributed by atoms with Gasteiger partial charge < -0.3 is 19.9 Å². The van der Waals surface area contributed by atoms with Crippen LogP contribution in [0.25, 0.3) is 0 Å². The highest BCUT2D eigenvalue weighted by Gasteiger charge is 2.23. The quantitative estimate of drug-likeness (QED) is 0.909. The number of carbonyl (C=O) groups excluding carboxylic acids is 1. The highest BCUT2D eigenvalue weighted by Crippen LogP contribution is 2.18. The van der Waals surface area contributed by atoms with E-state index in [1.807, 2.05) is 16.5 Å². The number of aromatic nitrogens is 1. The van der Waals surface area contributed by atoms with Crippen LogP contribution in [0.5, 0.6) is 0 Å². The zero-order valence-corrected chi connectivity index (χ0v) is 12.3. The van der Waals surface area contributed by atoms with Gasteiger partial charge in [-0.3, -0.25) is 0 Å². The molecule has 2 fully saturated rings. The van der Waals surface area contributed by atoms with E-state index in [0.717, 1.165) is 50.8 Å². The Morgan fingerprint density at radius 1 is 1.45 bits per heavy atom. The van der Waals surface area contributed by atoms with Crippen molar-refractivity contribution in [1.82, 2.24) is 15.2 Å². The summed E-state index contributed by atoms with van der Waals surface area (Å²) < 4.78 is 5.51. The second-order valence-electron chi connectivity index (χ2n) is 5.11. The molecule has 6 nitrogen and oxygen atoms in total. The van der Waals surface area contributed by atoms with E-state index in [-0.39, 0.29) is 12.1 Å². The molecule has 7 heteroatoms. The first-order valence-corrected chi connectivity index (χ1v) is 8.00. The molecule has 2 aliphatic heterocycles. The summed E-state index contributed by atoms with van der Waals surface area (Å²) in [4.78, 5) is 20.5. The van der Waals surface area contributed by atoms with Gasteiger partial charge >= 0.3 is 6.03 Å². The first-order valence-electron chi connectivity index (χ1n) is 7.12. The summed E-state index contributed by atoms with van der Waals surface area (Å²) in [5.74, 6) is 0. The third-order valence-corrected chi connectivity index (χ3v) is 4.59. The van der Waals surface area contributed by atoms with E-state index >= 15 is 0 Å². The van der Waals surface area contributed by atoms with Gasteiger partial charge in [-0.2, -0.15) is 0 Å². The zero-order chi connectivity index (χ0) is 13.8. The third kappa shape index (κ3) is 3.21. The molecule has 0 bridgehead atoms. The minimum atomic E-state index is 0.0271. The predicted molar refractivity (Wildman–Crippen MR) is 78.3 cm³/mol. The first kappa shape index (κ1) is 13.6. The van der Waals surface area contributed by atoms with Gasteiger partial charge in [0.15, 0.2) is 5.13 Å². The summed E-state index contributed by atoms with van der Waals surface area (Å²) in [5, 5.41) is 6.00. The van der Waals surface area contributed by atoms with Crippen molar-refractivity contribution in [2.24, 2.45) is 0 Å². The SMILES string of the molecule is O=C(NCC1CCCO1)N1CCN(c2nccs2)CC1. The topological polar surface area (TPSA) is 57.7 Å². The fourth-order valence-corrected chi connectivity index (χ4v) is 3.29. The van der Waals surface area contributed by atoms with Crippen LogP contribution in [0.4, 0.5) is 9.93 Å². The van der Waals surface area contributed by atoms with Crippen LogP contribution in [0.15, 0.2) is 11.6 Å². The molecule has 3 heterocycles. The number of anilines is 1. The summed E-state index contributed by atoms with van der Waals surface area (Å²) in [7, 11) is 0. The number of nitrogens with zero attached hydrogens (tertiary/aromatic N) is 3. The van der Waals surface area contributed by atoms with E-state index in [1.165, 1.54) is 0 Å². The normalized spacial score (nSPS) is 23.1. The maximum absolute atomic E-state index is 12.1. The minimum Gasteiger partial charge on any atom is -0.376 e. The molecule has 2 amide bonds. The van der Waals surface area contributed by atoms with Gasteiger partial charge in [-0.25, -0.2) is 9.78 Å². The van der Waals surface area contributed by atoms with Crippen molar-refractivity contribution in [2.75, 3.05) is 44.2 Å². The van der Waals surface area contributed by atoms with Crippen LogP contribution in [-0.4, -0.2) is 61.3 Å². The van der Waals surface area contributed by atoms with E-state index in [9.17, 15) is 4.79 Å². The maximum Gasteiger partial charge on any atom is 0.317 e. The lowest BCUT2D eigenvalue weighted by atomic mass is 10.2. The molecule has 110 valence electrons. The van der Waals surface area contributed by atoms with Gasteiger partial charge in [0.25, 0.3) is 0 Å². The Morgan fingerprint density at radius 3 is 2.95 bits per heavy atom. The summed E-state index contributed by atoms with van der Waals surface area (Å²) >= 11 is 1.65. The monoisotopic (exact) mass is 296 g/mol. The largest absolute Gasteiger partial charge is 0.376 e. The number of hydrogen-bond donors (Lipinski definition) is 1. The zero-order valence-electron chi connectivity index (χ0n) is 11.5. The number of ether oxygens (including phenoxy) is 1. The molecular weight excluding hydrogens is 276 g/mol. The van der Waals surface area contributed by atoms with Gasteiger partial charge in [0, 0.05) is 50.9 Å². The Balaban J connectivity index is 1.42. The van der Waals surface area contributed by atoms with Crippen LogP contribution < -0.4 is 10.2 Å². The molecule has 2 aliphatic rings. The fourth-order valence-electron chi connectivity index (χ4n) is 2.59. The molecule has 1 atom stereocenters. The van der Waals surface area contributed by atoms with Crippen molar-refractivity contribution in [1.29, 1.82) is 0 Å². The minimum absolute atomic E-state index is 0.0271. The highest BCUT2D eigenvalue weighted by molar-refractivity contribution is 7.13. The number of carbonyl (C=O) groups is 1. The molecule has 2 saturated heterocycles. The van der Waals surface area contributed by atoms with Crippen LogP contribution in [0.2, 0.25) is 0 Å². The molecule has 1 aromatic heterocycles. The molecule has 1 unspecified atom stereocenters. The van der Waals surface area contributed by atoms with Crippen molar-refractivity contribution in [2.45, 2.75) is 18.9 Å². The van der Waals surface area contributed by atoms with Gasteiger partial charge in [0.2, 0.25) is 0 Å². The van der Waals surface area contributed by atoms with E-state index in [2.05, 4.69) is 15.2 Å². The lowest BCUT2D eigenvalue weighted by molar-refractivity contribution is 0.108. The Hall–Kier alpha value is -1.34. The molecule has 0 aliphatic carbocycles. The lowest BCUT2D eigenvalue weighted by Gasteiger charge is -2.34. The molecule has 0 radical (unpaired) electrons. The fraction of sp³-hybridized carbons (Fsp3) is 0.692. The maximum atomic E-state index is 12.1. The number of rotatable bonds is 3. The number of amides is 2. The van der Waals surface area contributed by atoms with E-state index in [1.54, 1.807) is 11.3 Å². The van der Waals surface area contributed by atoms with Crippen LogP contribution in [0, 0.1) is 0 Å². The van der Waals surface area contributed by atoms with E-state index in [4.69, 9.17) is 4.74 Å². The van der Waals surface area contributed by atoms with Crippen molar-refractivity contribution < 1.29 is 9.53 Å². The second-order valence-corrected chi connectivity index (χ2v) is 5.98. The number of piperazine rings is 1. The van der Waals surface area contributed by atoms with Crippen molar-refractivity contribution in [3.8, 4) is 0 Å². The molecule has 3 rings (SSSR count). The summed E-state index contributed by atoms with van der Waals surface area (Å²) in [6.07, 6.45) is 4.18. The van der Waals surface area contributed by atoms with E-state index < -0.39 is 0 Å². The van der Waals surface area contributed by atoms with Crippen LogP contribution in [0.1, 0.15) is 12.8 Å². The number of hydrogen-bond acceptors (Lipinski definition) is 5. The number of thiazole rings is 1. The summed E-state index contributed by atoms with van der Waals surface area (Å²) in [5.41, 5.74) is 0. The Morgan fingerprint density at radius 2 is 2.30 bits per heavy atom. The molecule has 1 aromatic rings. The number of urea groups is 1. The second kappa shape index (κ2) is 6.41. The molecule has 0 spiro atoms. The lowest BCUT2D eigenvalue weighted by Crippen LogP contribution is -2.52. The first-order chi connectivity index (χ1) is 9.83. The average molecular weight is 296 g/mol. The molecule has 1 N–H and O–H groups in total. The molecule has 20 heavy (non-hydrogen) atoms. The van der Waals surface area contributed by atoms with Crippen molar-refractivity contribution >= 4 is 22.5 Å². The average Bonchev–Trinajstić information content (AvgIpc) is 3.18. The number of nitrogens with one attached hydrogen (secondary N) is 1. The summed E-state index contributed by atoms with van der Waals surface area (Å²) in [6.45, 7) is 4.65. The van der Waals surface area contributed by atoms with Crippen LogP contribution >= 0.6 is 11.3 Å². The van der Waals surface area contributed by atoms with Gasteiger partial charge in [-0.15, -0.1) is 11.3 Å². The highest BCUT2D eigenvalue weighted by atomic mass is 32.1. The van der Waals surface area contributed by atoms with Gasteiger partial charge in [-0.1, -0.05) is 0 Å². The smallest absolute Gasteiger partial charge is 0.317 e. The van der Waals surface area contributed by atoms with Crippen molar-refractivity contribution in [3.05, 3.63) is 11.6 Å². The van der Waals surface area contributed by atoms with Gasteiger partial charge in [0.1, 0.15) is 0 Å². The standard InChI is InChI=1S/C13H20N4O2S/c18-12(15-10-11-2-1-8-19-11)16-4-6-17(7-5-16)13-14-3-9-20-13/h3,9,11H,1-2,4-8,10H2,(H,15,18). The molecular formula is C13H20N4O2S. The summed E-state index contributed by atoms with van der Waals surface area (Å²) in [6, 6.07) is 0.0271. The van der Waals surface area contributed by atoms with Gasteiger partial charge in [0.05, 0.1) is 6.10 Å². The molecule has 0 saturated carbocycles. The Labute approximate surface area is 122 Å². The van der Waals surface area contributed by atoms with E-state index in [0.29, 0.717) is 6.54 Å². The third-order valence-electron chi connectivity index (χ3n) is 3.76. The van der Waals surface area contributed by atoms with Crippen molar-refractivity contribution in [3.63, 3.8) is 0 Å². The molecule has 0 aromatic carbocycles. The van der Waals surface area contributed by atoms with Crippen LogP contribution in [0.3, 0.4) is 0 Å². The van der Waals surface area contributed by atoms with Crippen LogP contribution in [-0.2, 0) is 4.74 Å².